The molecule has 3 rings (SSSR count). The Morgan fingerprint density at radius 1 is 1.41 bits per heavy atom. The smallest absolute Gasteiger partial charge is 0.123 e. The predicted molar refractivity (Wildman–Crippen MR) is 90.8 cm³/mol. The van der Waals surface area contributed by atoms with Crippen LogP contribution in [0.15, 0.2) is 35.7 Å². The van der Waals surface area contributed by atoms with Crippen molar-refractivity contribution in [2.75, 3.05) is 13.1 Å². The van der Waals surface area contributed by atoms with Crippen molar-refractivity contribution in [1.29, 1.82) is 0 Å². The van der Waals surface area contributed by atoms with Gasteiger partial charge >= 0.3 is 0 Å². The minimum absolute atomic E-state index is 0.172. The van der Waals surface area contributed by atoms with Crippen molar-refractivity contribution in [2.24, 2.45) is 0 Å². The average Bonchev–Trinajstić information content (AvgIpc) is 3.14. The van der Waals surface area contributed by atoms with Gasteiger partial charge in [-0.2, -0.15) is 0 Å². The summed E-state index contributed by atoms with van der Waals surface area (Å²) in [5.74, 6) is 1.24. The van der Waals surface area contributed by atoms with Crippen LogP contribution in [0.2, 0.25) is 0 Å². The van der Waals surface area contributed by atoms with Gasteiger partial charge in [-0.25, -0.2) is 0 Å². The van der Waals surface area contributed by atoms with Crippen molar-refractivity contribution in [3.8, 4) is 11.5 Å². The number of nitrogens with zero attached hydrogens (tertiary/aromatic N) is 1. The van der Waals surface area contributed by atoms with Crippen LogP contribution in [0.3, 0.4) is 0 Å². The van der Waals surface area contributed by atoms with Gasteiger partial charge in [0.25, 0.3) is 0 Å². The van der Waals surface area contributed by atoms with Crippen molar-refractivity contribution >= 4 is 11.3 Å². The zero-order chi connectivity index (χ0) is 15.5. The van der Waals surface area contributed by atoms with Crippen LogP contribution >= 0.6 is 11.3 Å². The van der Waals surface area contributed by atoms with Crippen LogP contribution in [0.1, 0.15) is 36.8 Å². The maximum atomic E-state index is 9.60. The predicted octanol–water partition coefficient (Wildman–Crippen LogP) is 4.23. The van der Waals surface area contributed by atoms with E-state index < -0.39 is 0 Å². The molecule has 0 saturated carbocycles. The van der Waals surface area contributed by atoms with E-state index in [9.17, 15) is 5.11 Å². The lowest BCUT2D eigenvalue weighted by molar-refractivity contribution is 0.123. The highest BCUT2D eigenvalue weighted by molar-refractivity contribution is 7.10. The van der Waals surface area contributed by atoms with E-state index in [2.05, 4.69) is 36.3 Å². The van der Waals surface area contributed by atoms with Gasteiger partial charge in [0, 0.05) is 29.4 Å². The minimum Gasteiger partial charge on any atom is -0.508 e. The summed E-state index contributed by atoms with van der Waals surface area (Å²) in [6.45, 7) is 6.48. The maximum Gasteiger partial charge on any atom is 0.123 e. The Balaban J connectivity index is 1.68. The summed E-state index contributed by atoms with van der Waals surface area (Å²) >= 11 is 1.82. The number of phenols is 1. The second-order valence-corrected chi connectivity index (χ2v) is 6.90. The molecule has 0 bridgehead atoms. The van der Waals surface area contributed by atoms with Crippen molar-refractivity contribution in [1.82, 2.24) is 4.90 Å². The number of hydrogen-bond acceptors (Lipinski definition) is 4. The number of hydrogen-bond donors (Lipinski definition) is 1. The molecule has 2 atom stereocenters. The summed E-state index contributed by atoms with van der Waals surface area (Å²) in [5, 5.41) is 11.7. The van der Waals surface area contributed by atoms with E-state index in [-0.39, 0.29) is 6.10 Å². The molecule has 2 heterocycles. The van der Waals surface area contributed by atoms with Crippen LogP contribution in [-0.2, 0) is 6.42 Å². The Labute approximate surface area is 136 Å². The SMILES string of the molecule is CCCN(CC1Cc2cc(O)ccc2O1)C(C)c1cccs1. The normalized spacial score (nSPS) is 18.2. The fourth-order valence-corrected chi connectivity index (χ4v) is 3.93. The second kappa shape index (κ2) is 6.71. The summed E-state index contributed by atoms with van der Waals surface area (Å²) in [7, 11) is 0. The molecule has 2 aromatic rings. The molecule has 1 aliphatic rings. The van der Waals surface area contributed by atoms with Gasteiger partial charge < -0.3 is 9.84 Å². The Hall–Kier alpha value is -1.52. The average molecular weight is 317 g/mol. The van der Waals surface area contributed by atoms with Crippen LogP contribution in [0.4, 0.5) is 0 Å². The monoisotopic (exact) mass is 317 g/mol. The molecule has 0 fully saturated rings. The highest BCUT2D eigenvalue weighted by atomic mass is 32.1. The summed E-state index contributed by atoms with van der Waals surface area (Å²) in [5.41, 5.74) is 1.12. The van der Waals surface area contributed by atoms with Gasteiger partial charge in [-0.3, -0.25) is 4.90 Å². The summed E-state index contributed by atoms with van der Waals surface area (Å²) < 4.78 is 6.06. The van der Waals surface area contributed by atoms with Gasteiger partial charge in [-0.1, -0.05) is 13.0 Å². The lowest BCUT2D eigenvalue weighted by atomic mass is 10.1. The van der Waals surface area contributed by atoms with Gasteiger partial charge in [0.1, 0.15) is 17.6 Å². The molecule has 2 unspecified atom stereocenters. The van der Waals surface area contributed by atoms with E-state index >= 15 is 0 Å². The Bertz CT molecular complexity index is 612. The van der Waals surface area contributed by atoms with Crippen LogP contribution in [0.25, 0.3) is 0 Å². The van der Waals surface area contributed by atoms with E-state index in [1.807, 2.05) is 23.5 Å². The molecule has 1 aliphatic heterocycles. The fourth-order valence-electron chi connectivity index (χ4n) is 3.11. The first-order valence-corrected chi connectivity index (χ1v) is 8.81. The number of benzene rings is 1. The maximum absolute atomic E-state index is 9.60. The lowest BCUT2D eigenvalue weighted by Gasteiger charge is -2.30. The van der Waals surface area contributed by atoms with E-state index in [0.29, 0.717) is 11.8 Å². The van der Waals surface area contributed by atoms with Crippen LogP contribution < -0.4 is 4.74 Å². The molecule has 22 heavy (non-hydrogen) atoms. The number of rotatable bonds is 6. The van der Waals surface area contributed by atoms with Gasteiger partial charge in [0.2, 0.25) is 0 Å². The lowest BCUT2D eigenvalue weighted by Crippen LogP contribution is -2.37. The molecular formula is C18H23NO2S. The van der Waals surface area contributed by atoms with Gasteiger partial charge in [0.15, 0.2) is 0 Å². The van der Waals surface area contributed by atoms with Crippen molar-refractivity contribution < 1.29 is 9.84 Å². The first-order chi connectivity index (χ1) is 10.7. The van der Waals surface area contributed by atoms with Crippen molar-refractivity contribution in [3.05, 3.63) is 46.2 Å². The second-order valence-electron chi connectivity index (χ2n) is 5.92. The summed E-state index contributed by atoms with van der Waals surface area (Å²) in [6.07, 6.45) is 2.18. The largest absolute Gasteiger partial charge is 0.508 e. The van der Waals surface area contributed by atoms with Crippen molar-refractivity contribution in [2.45, 2.75) is 38.8 Å². The van der Waals surface area contributed by atoms with Gasteiger partial charge in [-0.05, 0) is 49.5 Å². The molecule has 1 N–H and O–H groups in total. The molecule has 0 spiro atoms. The zero-order valence-electron chi connectivity index (χ0n) is 13.2. The van der Waals surface area contributed by atoms with E-state index in [4.69, 9.17) is 4.74 Å². The van der Waals surface area contributed by atoms with Gasteiger partial charge in [0.05, 0.1) is 0 Å². The van der Waals surface area contributed by atoms with E-state index in [0.717, 1.165) is 37.2 Å². The molecule has 0 saturated heterocycles. The Kier molecular flexibility index (Phi) is 4.69. The third-order valence-corrected chi connectivity index (χ3v) is 5.28. The summed E-state index contributed by atoms with van der Waals surface area (Å²) in [6, 6.07) is 10.1. The third-order valence-electron chi connectivity index (χ3n) is 4.24. The van der Waals surface area contributed by atoms with E-state index in [1.165, 1.54) is 4.88 Å². The topological polar surface area (TPSA) is 32.7 Å². The number of ether oxygens (including phenoxy) is 1. The number of aromatic hydroxyl groups is 1. The quantitative estimate of drug-likeness (QED) is 0.865. The van der Waals surface area contributed by atoms with E-state index in [1.54, 1.807) is 6.07 Å². The van der Waals surface area contributed by atoms with Crippen LogP contribution in [0.5, 0.6) is 11.5 Å². The zero-order valence-corrected chi connectivity index (χ0v) is 14.0. The van der Waals surface area contributed by atoms with Gasteiger partial charge in [-0.15, -0.1) is 11.3 Å². The first kappa shape index (κ1) is 15.4. The van der Waals surface area contributed by atoms with Crippen LogP contribution in [0, 0.1) is 0 Å². The molecule has 0 amide bonds. The molecule has 4 heteroatoms. The molecule has 0 aliphatic carbocycles. The Morgan fingerprint density at radius 2 is 2.27 bits per heavy atom. The van der Waals surface area contributed by atoms with Crippen molar-refractivity contribution in [3.63, 3.8) is 0 Å². The molecule has 1 aromatic heterocycles. The Morgan fingerprint density at radius 3 is 3.00 bits per heavy atom. The first-order valence-electron chi connectivity index (χ1n) is 7.93. The molecular weight excluding hydrogens is 294 g/mol. The number of phenolic OH excluding ortho intramolecular Hbond substituents is 1. The molecule has 118 valence electrons. The highest BCUT2D eigenvalue weighted by Crippen LogP contribution is 2.33. The third kappa shape index (κ3) is 3.28. The standard InChI is InChI=1S/C18H23NO2S/c1-3-8-19(13(2)18-5-4-9-22-18)12-16-11-14-10-15(20)6-7-17(14)21-16/h4-7,9-10,13,16,20H,3,8,11-12H2,1-2H3. The summed E-state index contributed by atoms with van der Waals surface area (Å²) in [4.78, 5) is 3.91. The highest BCUT2D eigenvalue weighted by Gasteiger charge is 2.27. The fraction of sp³-hybridized carbons (Fsp3) is 0.444. The molecule has 0 radical (unpaired) electrons. The number of thiophene rings is 1. The minimum atomic E-state index is 0.172. The number of fused-ring (bicyclic) bond motifs is 1. The molecule has 3 nitrogen and oxygen atoms in total. The van der Waals surface area contributed by atoms with Crippen LogP contribution in [-0.4, -0.2) is 29.2 Å². The molecule has 1 aromatic carbocycles.